The van der Waals surface area contributed by atoms with Crippen LogP contribution in [0.5, 0.6) is 0 Å². The lowest BCUT2D eigenvalue weighted by Gasteiger charge is -2.18. The van der Waals surface area contributed by atoms with Crippen molar-refractivity contribution in [2.24, 2.45) is 11.7 Å². The molecule has 0 fully saturated rings. The van der Waals surface area contributed by atoms with E-state index in [0.717, 1.165) is 24.8 Å². The van der Waals surface area contributed by atoms with E-state index in [-0.39, 0.29) is 17.3 Å². The molecule has 2 aromatic heterocycles. The van der Waals surface area contributed by atoms with E-state index in [4.69, 9.17) is 5.73 Å². The number of H-pyrrole nitrogens is 1. The number of primary amides is 1. The number of aromatic amines is 1. The summed E-state index contributed by atoms with van der Waals surface area (Å²) in [4.78, 5) is 44.5. The number of amides is 2. The van der Waals surface area contributed by atoms with Gasteiger partial charge in [-0.1, -0.05) is 13.8 Å². The number of carbonyl (C=O) groups is 2. The van der Waals surface area contributed by atoms with E-state index in [9.17, 15) is 14.4 Å². The van der Waals surface area contributed by atoms with E-state index in [2.05, 4.69) is 15.3 Å². The molecular weight excluding hydrogens is 316 g/mol. The lowest BCUT2D eigenvalue weighted by atomic mass is 10.0. The molecule has 23 heavy (non-hydrogen) atoms. The summed E-state index contributed by atoms with van der Waals surface area (Å²) in [6.45, 7) is 3.55. The average molecular weight is 334 g/mol. The van der Waals surface area contributed by atoms with E-state index in [1.54, 1.807) is 13.8 Å². The molecule has 1 aliphatic rings. The summed E-state index contributed by atoms with van der Waals surface area (Å²) < 4.78 is 0. The van der Waals surface area contributed by atoms with Gasteiger partial charge in [0.1, 0.15) is 10.9 Å². The molecule has 0 aromatic carbocycles. The first-order valence-electron chi connectivity index (χ1n) is 7.53. The topological polar surface area (TPSA) is 118 Å². The van der Waals surface area contributed by atoms with Crippen molar-refractivity contribution in [3.63, 3.8) is 0 Å². The van der Waals surface area contributed by atoms with Gasteiger partial charge in [0.15, 0.2) is 0 Å². The Labute approximate surface area is 136 Å². The summed E-state index contributed by atoms with van der Waals surface area (Å²) in [5.41, 5.74) is 6.04. The SMILES string of the molecule is CC(C)[C@H](NC(=O)c1nc2sc3c(c2c(=O)[nH]1)CCC3)C(N)=O. The fourth-order valence-corrected chi connectivity index (χ4v) is 4.15. The first-order valence-corrected chi connectivity index (χ1v) is 8.35. The molecule has 0 saturated heterocycles. The van der Waals surface area contributed by atoms with Crippen molar-refractivity contribution in [3.05, 3.63) is 26.6 Å². The maximum absolute atomic E-state index is 12.3. The second-order valence-electron chi connectivity index (χ2n) is 6.05. The molecule has 2 amide bonds. The molecule has 1 aliphatic carbocycles. The zero-order chi connectivity index (χ0) is 16.7. The number of nitrogens with two attached hydrogens (primary N) is 1. The summed E-state index contributed by atoms with van der Waals surface area (Å²) in [7, 11) is 0. The van der Waals surface area contributed by atoms with E-state index >= 15 is 0 Å². The number of aromatic nitrogens is 2. The monoisotopic (exact) mass is 334 g/mol. The Bertz CT molecular complexity index is 852. The van der Waals surface area contributed by atoms with Gasteiger partial charge in [-0.15, -0.1) is 11.3 Å². The van der Waals surface area contributed by atoms with Crippen LogP contribution in [-0.2, 0) is 17.6 Å². The summed E-state index contributed by atoms with van der Waals surface area (Å²) in [6.07, 6.45) is 2.88. The van der Waals surface area contributed by atoms with Crippen molar-refractivity contribution in [1.82, 2.24) is 15.3 Å². The van der Waals surface area contributed by atoms with Gasteiger partial charge >= 0.3 is 0 Å². The molecule has 0 bridgehead atoms. The first-order chi connectivity index (χ1) is 10.9. The van der Waals surface area contributed by atoms with Crippen molar-refractivity contribution < 1.29 is 9.59 Å². The van der Waals surface area contributed by atoms with Crippen LogP contribution in [0.4, 0.5) is 0 Å². The van der Waals surface area contributed by atoms with Crippen LogP contribution in [0.3, 0.4) is 0 Å². The Balaban J connectivity index is 1.96. The Hall–Kier alpha value is -2.22. The number of nitrogens with zero attached hydrogens (tertiary/aromatic N) is 1. The minimum absolute atomic E-state index is 0.0886. The molecule has 0 spiro atoms. The van der Waals surface area contributed by atoms with Crippen molar-refractivity contribution in [2.75, 3.05) is 0 Å². The fourth-order valence-electron chi connectivity index (χ4n) is 2.89. The fraction of sp³-hybridized carbons (Fsp3) is 0.467. The summed E-state index contributed by atoms with van der Waals surface area (Å²) in [5.74, 6) is -1.46. The van der Waals surface area contributed by atoms with Gasteiger partial charge in [-0.05, 0) is 30.7 Å². The second kappa shape index (κ2) is 5.77. The van der Waals surface area contributed by atoms with Crippen LogP contribution in [-0.4, -0.2) is 27.8 Å². The molecule has 0 aliphatic heterocycles. The van der Waals surface area contributed by atoms with Crippen LogP contribution in [0, 0.1) is 5.92 Å². The Morgan fingerprint density at radius 1 is 1.35 bits per heavy atom. The van der Waals surface area contributed by atoms with Crippen LogP contribution in [0.15, 0.2) is 4.79 Å². The van der Waals surface area contributed by atoms with E-state index in [1.165, 1.54) is 16.2 Å². The normalized spacial score (nSPS) is 14.9. The predicted octanol–water partition coefficient (Wildman–Crippen LogP) is 0.713. The maximum Gasteiger partial charge on any atom is 0.287 e. The Kier molecular flexibility index (Phi) is 3.93. The molecule has 2 aromatic rings. The molecule has 1 atom stereocenters. The molecule has 0 radical (unpaired) electrons. The largest absolute Gasteiger partial charge is 0.368 e. The number of hydrogen-bond donors (Lipinski definition) is 3. The van der Waals surface area contributed by atoms with Crippen LogP contribution in [0.25, 0.3) is 10.2 Å². The zero-order valence-electron chi connectivity index (χ0n) is 12.9. The molecule has 3 rings (SSSR count). The summed E-state index contributed by atoms with van der Waals surface area (Å²) in [5, 5.41) is 3.12. The minimum Gasteiger partial charge on any atom is -0.368 e. The van der Waals surface area contributed by atoms with Crippen LogP contribution < -0.4 is 16.6 Å². The predicted molar refractivity (Wildman–Crippen MR) is 87.6 cm³/mol. The number of carbonyl (C=O) groups excluding carboxylic acids is 2. The molecule has 122 valence electrons. The van der Waals surface area contributed by atoms with Gasteiger partial charge in [-0.25, -0.2) is 4.98 Å². The lowest BCUT2D eigenvalue weighted by Crippen LogP contribution is -2.48. The lowest BCUT2D eigenvalue weighted by molar-refractivity contribution is -0.120. The molecule has 0 unspecified atom stereocenters. The second-order valence-corrected chi connectivity index (χ2v) is 7.13. The van der Waals surface area contributed by atoms with Crippen molar-refractivity contribution in [3.8, 4) is 0 Å². The Morgan fingerprint density at radius 2 is 2.09 bits per heavy atom. The third-order valence-corrected chi connectivity index (χ3v) is 5.24. The van der Waals surface area contributed by atoms with Gasteiger partial charge in [0.05, 0.1) is 5.39 Å². The van der Waals surface area contributed by atoms with E-state index in [0.29, 0.717) is 10.2 Å². The van der Waals surface area contributed by atoms with Gasteiger partial charge in [-0.2, -0.15) is 0 Å². The number of fused-ring (bicyclic) bond motifs is 3. The number of rotatable bonds is 4. The standard InChI is InChI=1S/C15H18N4O3S/c1-6(2)10(11(16)20)17-14(22)12-18-13(21)9-7-4-3-5-8(7)23-15(9)19-12/h6,10H,3-5H2,1-2H3,(H2,16,20)(H,17,22)(H,18,19,21)/t10-/m0/s1. The van der Waals surface area contributed by atoms with Crippen LogP contribution in [0.1, 0.15) is 41.3 Å². The van der Waals surface area contributed by atoms with Crippen molar-refractivity contribution in [1.29, 1.82) is 0 Å². The van der Waals surface area contributed by atoms with E-state index in [1.807, 2.05) is 0 Å². The van der Waals surface area contributed by atoms with Gasteiger partial charge in [0, 0.05) is 4.88 Å². The number of nitrogens with one attached hydrogen (secondary N) is 2. The van der Waals surface area contributed by atoms with Crippen LogP contribution in [0.2, 0.25) is 0 Å². The van der Waals surface area contributed by atoms with Gasteiger partial charge in [-0.3, -0.25) is 14.4 Å². The Morgan fingerprint density at radius 3 is 2.74 bits per heavy atom. The highest BCUT2D eigenvalue weighted by molar-refractivity contribution is 7.18. The summed E-state index contributed by atoms with van der Waals surface area (Å²) >= 11 is 1.46. The smallest absolute Gasteiger partial charge is 0.287 e. The number of thiophene rings is 1. The molecule has 4 N–H and O–H groups in total. The third kappa shape index (κ3) is 2.74. The molecule has 2 heterocycles. The molecular formula is C15H18N4O3S. The van der Waals surface area contributed by atoms with Gasteiger partial charge in [0.2, 0.25) is 11.7 Å². The van der Waals surface area contributed by atoms with Crippen molar-refractivity contribution >= 4 is 33.4 Å². The number of aryl methyl sites for hydroxylation is 2. The molecule has 0 saturated carbocycles. The molecule has 8 heteroatoms. The number of hydrogen-bond acceptors (Lipinski definition) is 5. The summed E-state index contributed by atoms with van der Waals surface area (Å²) in [6, 6.07) is -0.808. The van der Waals surface area contributed by atoms with Crippen LogP contribution >= 0.6 is 11.3 Å². The third-order valence-electron chi connectivity index (χ3n) is 4.05. The van der Waals surface area contributed by atoms with E-state index < -0.39 is 17.9 Å². The molecule has 7 nitrogen and oxygen atoms in total. The highest BCUT2D eigenvalue weighted by atomic mass is 32.1. The highest BCUT2D eigenvalue weighted by Crippen LogP contribution is 2.34. The van der Waals surface area contributed by atoms with Gasteiger partial charge in [0.25, 0.3) is 11.5 Å². The quantitative estimate of drug-likeness (QED) is 0.763. The highest BCUT2D eigenvalue weighted by Gasteiger charge is 2.25. The van der Waals surface area contributed by atoms with Crippen molar-refractivity contribution in [2.45, 2.75) is 39.2 Å². The minimum atomic E-state index is -0.808. The maximum atomic E-state index is 12.3. The first kappa shape index (κ1) is 15.7. The average Bonchev–Trinajstić information content (AvgIpc) is 3.03. The van der Waals surface area contributed by atoms with Gasteiger partial charge < -0.3 is 16.0 Å². The zero-order valence-corrected chi connectivity index (χ0v) is 13.8.